The van der Waals surface area contributed by atoms with Crippen LogP contribution in [0.15, 0.2) is 36.4 Å². The van der Waals surface area contributed by atoms with Crippen LogP contribution in [0.2, 0.25) is 10.0 Å². The van der Waals surface area contributed by atoms with Crippen molar-refractivity contribution in [3.05, 3.63) is 57.6 Å². The molecule has 1 atom stereocenters. The molecular formula is C20H24Cl2N2O2. The predicted molar refractivity (Wildman–Crippen MR) is 107 cm³/mol. The van der Waals surface area contributed by atoms with Crippen LogP contribution in [0.5, 0.6) is 11.5 Å². The monoisotopic (exact) mass is 394 g/mol. The number of halogens is 2. The van der Waals surface area contributed by atoms with Gasteiger partial charge >= 0.3 is 0 Å². The number of benzene rings is 2. The van der Waals surface area contributed by atoms with Crippen LogP contribution in [0.3, 0.4) is 0 Å². The first-order valence-electron chi connectivity index (χ1n) is 8.75. The Morgan fingerprint density at radius 3 is 2.50 bits per heavy atom. The number of hydrogen-bond donors (Lipinski definition) is 1. The summed E-state index contributed by atoms with van der Waals surface area (Å²) in [6.07, 6.45) is 1.09. The molecule has 1 heterocycles. The van der Waals surface area contributed by atoms with Crippen molar-refractivity contribution >= 4 is 23.2 Å². The van der Waals surface area contributed by atoms with Crippen molar-refractivity contribution in [1.29, 1.82) is 0 Å². The van der Waals surface area contributed by atoms with Gasteiger partial charge in [0.2, 0.25) is 0 Å². The minimum absolute atomic E-state index is 0.0273. The van der Waals surface area contributed by atoms with Crippen LogP contribution in [0.1, 0.15) is 23.6 Å². The molecule has 2 aromatic carbocycles. The second kappa shape index (κ2) is 8.96. The van der Waals surface area contributed by atoms with Crippen molar-refractivity contribution in [2.45, 2.75) is 12.5 Å². The van der Waals surface area contributed by atoms with Crippen molar-refractivity contribution in [1.82, 2.24) is 10.2 Å². The Kier molecular flexibility index (Phi) is 6.65. The van der Waals surface area contributed by atoms with Gasteiger partial charge in [0.1, 0.15) is 0 Å². The van der Waals surface area contributed by atoms with Crippen LogP contribution in [0.25, 0.3) is 0 Å². The summed E-state index contributed by atoms with van der Waals surface area (Å²) in [6, 6.07) is 11.8. The van der Waals surface area contributed by atoms with Gasteiger partial charge in [0.15, 0.2) is 11.5 Å². The fraction of sp³-hybridized carbons (Fsp3) is 0.400. The van der Waals surface area contributed by atoms with Crippen LogP contribution in [0.4, 0.5) is 0 Å². The minimum atomic E-state index is 0.0273. The molecule has 1 unspecified atom stereocenters. The molecule has 140 valence electrons. The lowest BCUT2D eigenvalue weighted by atomic mass is 9.96. The standard InChI is InChI=1S/C20H24Cl2N2O2/c1-25-18-7-4-14(12-19(18)26-2)20(24-10-3-8-23-9-11-24)16-6-5-15(21)13-17(16)22/h4-7,12-13,20,23H,3,8-11H2,1-2H3. The number of hydrogen-bond acceptors (Lipinski definition) is 4. The Labute approximate surface area is 165 Å². The Morgan fingerprint density at radius 2 is 1.77 bits per heavy atom. The largest absolute Gasteiger partial charge is 0.493 e. The number of methoxy groups -OCH3 is 2. The van der Waals surface area contributed by atoms with Gasteiger partial charge in [0, 0.05) is 29.7 Å². The van der Waals surface area contributed by atoms with Gasteiger partial charge in [-0.1, -0.05) is 35.3 Å². The average Bonchev–Trinajstić information content (AvgIpc) is 2.93. The SMILES string of the molecule is COc1ccc(C(c2ccc(Cl)cc2Cl)N2CCCNCC2)cc1OC. The first-order valence-corrected chi connectivity index (χ1v) is 9.51. The molecule has 0 aliphatic carbocycles. The lowest BCUT2D eigenvalue weighted by Gasteiger charge is -2.32. The quantitative estimate of drug-likeness (QED) is 0.814. The second-order valence-electron chi connectivity index (χ2n) is 6.32. The van der Waals surface area contributed by atoms with Crippen LogP contribution >= 0.6 is 23.2 Å². The molecule has 1 saturated heterocycles. The van der Waals surface area contributed by atoms with E-state index in [2.05, 4.69) is 16.3 Å². The van der Waals surface area contributed by atoms with Crippen molar-refractivity contribution in [2.75, 3.05) is 40.4 Å². The summed E-state index contributed by atoms with van der Waals surface area (Å²) in [6.45, 7) is 3.92. The molecule has 26 heavy (non-hydrogen) atoms. The van der Waals surface area contributed by atoms with E-state index in [4.69, 9.17) is 32.7 Å². The molecule has 1 aliphatic heterocycles. The Bertz CT molecular complexity index is 747. The van der Waals surface area contributed by atoms with Gasteiger partial charge in [-0.15, -0.1) is 0 Å². The molecule has 2 aromatic rings. The van der Waals surface area contributed by atoms with Gasteiger partial charge in [-0.25, -0.2) is 0 Å². The molecule has 0 saturated carbocycles. The molecule has 4 nitrogen and oxygen atoms in total. The van der Waals surface area contributed by atoms with E-state index in [1.165, 1.54) is 0 Å². The maximum atomic E-state index is 6.58. The highest BCUT2D eigenvalue weighted by Gasteiger charge is 2.26. The lowest BCUT2D eigenvalue weighted by Crippen LogP contribution is -2.33. The molecule has 0 spiro atoms. The molecule has 1 fully saturated rings. The van der Waals surface area contributed by atoms with Crippen LogP contribution in [0, 0.1) is 0 Å². The maximum absolute atomic E-state index is 6.58. The van der Waals surface area contributed by atoms with Crippen molar-refractivity contribution < 1.29 is 9.47 Å². The van der Waals surface area contributed by atoms with E-state index in [0.29, 0.717) is 15.8 Å². The first-order chi connectivity index (χ1) is 12.6. The number of nitrogens with zero attached hydrogens (tertiary/aromatic N) is 1. The number of nitrogens with one attached hydrogen (secondary N) is 1. The van der Waals surface area contributed by atoms with Crippen molar-refractivity contribution in [3.63, 3.8) is 0 Å². The number of rotatable bonds is 5. The fourth-order valence-corrected chi connectivity index (χ4v) is 3.97. The lowest BCUT2D eigenvalue weighted by molar-refractivity contribution is 0.240. The van der Waals surface area contributed by atoms with Crippen molar-refractivity contribution in [3.8, 4) is 11.5 Å². The smallest absolute Gasteiger partial charge is 0.161 e. The zero-order valence-corrected chi connectivity index (χ0v) is 16.6. The minimum Gasteiger partial charge on any atom is -0.493 e. The van der Waals surface area contributed by atoms with Gasteiger partial charge in [0.25, 0.3) is 0 Å². The zero-order chi connectivity index (χ0) is 18.5. The van der Waals surface area contributed by atoms with E-state index >= 15 is 0 Å². The van der Waals surface area contributed by atoms with Crippen LogP contribution in [-0.2, 0) is 0 Å². The molecule has 6 heteroatoms. The van der Waals surface area contributed by atoms with E-state index in [-0.39, 0.29) is 6.04 Å². The predicted octanol–water partition coefficient (Wildman–Crippen LogP) is 4.40. The number of ether oxygens (including phenoxy) is 2. The van der Waals surface area contributed by atoms with E-state index in [1.807, 2.05) is 30.3 Å². The van der Waals surface area contributed by atoms with E-state index in [0.717, 1.165) is 49.5 Å². The topological polar surface area (TPSA) is 33.7 Å². The second-order valence-corrected chi connectivity index (χ2v) is 7.17. The summed E-state index contributed by atoms with van der Waals surface area (Å²) in [5, 5.41) is 4.78. The molecule has 1 aliphatic rings. The summed E-state index contributed by atoms with van der Waals surface area (Å²) >= 11 is 12.7. The Balaban J connectivity index is 2.07. The first kappa shape index (κ1) is 19.3. The van der Waals surface area contributed by atoms with Gasteiger partial charge in [-0.2, -0.15) is 0 Å². The molecule has 0 bridgehead atoms. The van der Waals surface area contributed by atoms with Gasteiger partial charge < -0.3 is 14.8 Å². The van der Waals surface area contributed by atoms with Crippen LogP contribution in [-0.4, -0.2) is 45.3 Å². The van der Waals surface area contributed by atoms with Gasteiger partial charge in [-0.3, -0.25) is 4.90 Å². The summed E-state index contributed by atoms with van der Waals surface area (Å²) in [4.78, 5) is 2.45. The van der Waals surface area contributed by atoms with Crippen LogP contribution < -0.4 is 14.8 Å². The van der Waals surface area contributed by atoms with E-state index in [9.17, 15) is 0 Å². The molecule has 3 rings (SSSR count). The molecule has 0 radical (unpaired) electrons. The Morgan fingerprint density at radius 1 is 0.962 bits per heavy atom. The fourth-order valence-electron chi connectivity index (χ4n) is 3.46. The maximum Gasteiger partial charge on any atom is 0.161 e. The molecule has 0 amide bonds. The summed E-state index contributed by atoms with van der Waals surface area (Å²) < 4.78 is 10.9. The third kappa shape index (κ3) is 4.26. The summed E-state index contributed by atoms with van der Waals surface area (Å²) in [7, 11) is 3.30. The van der Waals surface area contributed by atoms with E-state index in [1.54, 1.807) is 14.2 Å². The van der Waals surface area contributed by atoms with E-state index < -0.39 is 0 Å². The summed E-state index contributed by atoms with van der Waals surface area (Å²) in [5.41, 5.74) is 2.17. The normalized spacial score (nSPS) is 16.8. The highest BCUT2D eigenvalue weighted by atomic mass is 35.5. The van der Waals surface area contributed by atoms with Crippen molar-refractivity contribution in [2.24, 2.45) is 0 Å². The average molecular weight is 395 g/mol. The summed E-state index contributed by atoms with van der Waals surface area (Å²) in [5.74, 6) is 1.43. The van der Waals surface area contributed by atoms with Gasteiger partial charge in [0.05, 0.1) is 20.3 Å². The molecular weight excluding hydrogens is 371 g/mol. The van der Waals surface area contributed by atoms with Gasteiger partial charge in [-0.05, 0) is 48.4 Å². The highest BCUT2D eigenvalue weighted by Crippen LogP contribution is 2.38. The Hall–Kier alpha value is -1.46. The highest BCUT2D eigenvalue weighted by molar-refractivity contribution is 6.35. The zero-order valence-electron chi connectivity index (χ0n) is 15.1. The third-order valence-corrected chi connectivity index (χ3v) is 5.28. The molecule has 1 N–H and O–H groups in total. The molecule has 0 aromatic heterocycles. The third-order valence-electron chi connectivity index (χ3n) is 4.72.